The summed E-state index contributed by atoms with van der Waals surface area (Å²) in [5, 5.41) is 9.18. The second-order valence-electron chi connectivity index (χ2n) is 7.71. The zero-order valence-electron chi connectivity index (χ0n) is 14.7. The fourth-order valence-corrected chi connectivity index (χ4v) is 4.52. The minimum absolute atomic E-state index is 0.547. The van der Waals surface area contributed by atoms with Crippen molar-refractivity contribution in [3.8, 4) is 0 Å². The lowest BCUT2D eigenvalue weighted by atomic mass is 9.88. The van der Waals surface area contributed by atoms with Gasteiger partial charge >= 0.3 is 0 Å². The molecular formula is C23H26N2. The molecular weight excluding hydrogens is 304 g/mol. The van der Waals surface area contributed by atoms with Gasteiger partial charge in [0, 0.05) is 32.2 Å². The largest absolute Gasteiger partial charge is 0.314 e. The van der Waals surface area contributed by atoms with Crippen molar-refractivity contribution < 1.29 is 0 Å². The van der Waals surface area contributed by atoms with E-state index in [4.69, 9.17) is 0 Å². The van der Waals surface area contributed by atoms with E-state index in [0.717, 1.165) is 32.1 Å². The van der Waals surface area contributed by atoms with Crippen molar-refractivity contribution in [3.63, 3.8) is 0 Å². The molecule has 2 fully saturated rings. The molecule has 0 unspecified atom stereocenters. The van der Waals surface area contributed by atoms with E-state index in [2.05, 4.69) is 64.8 Å². The summed E-state index contributed by atoms with van der Waals surface area (Å²) >= 11 is 0. The van der Waals surface area contributed by atoms with Gasteiger partial charge in [-0.3, -0.25) is 4.90 Å². The van der Waals surface area contributed by atoms with E-state index in [1.165, 1.54) is 40.8 Å². The molecule has 5 rings (SSSR count). The minimum atomic E-state index is 0.547. The summed E-state index contributed by atoms with van der Waals surface area (Å²) in [6.07, 6.45) is 4.16. The Morgan fingerprint density at radius 2 is 1.48 bits per heavy atom. The average Bonchev–Trinajstić information content (AvgIpc) is 3.49. The zero-order chi connectivity index (χ0) is 16.6. The number of hydrogen-bond acceptors (Lipinski definition) is 2. The van der Waals surface area contributed by atoms with Crippen molar-refractivity contribution in [1.29, 1.82) is 0 Å². The fourth-order valence-electron chi connectivity index (χ4n) is 4.52. The maximum atomic E-state index is 3.52. The van der Waals surface area contributed by atoms with Crippen molar-refractivity contribution in [3.05, 3.63) is 60.2 Å². The monoisotopic (exact) mass is 330 g/mol. The van der Waals surface area contributed by atoms with Crippen LogP contribution < -0.4 is 5.32 Å². The number of benzene rings is 3. The molecule has 1 aliphatic heterocycles. The molecule has 0 radical (unpaired) electrons. The first-order chi connectivity index (χ1) is 12.4. The third-order valence-corrected chi connectivity index (χ3v) is 5.99. The van der Waals surface area contributed by atoms with Gasteiger partial charge in [-0.15, -0.1) is 0 Å². The highest BCUT2D eigenvalue weighted by Crippen LogP contribution is 2.44. The molecule has 1 heterocycles. The summed E-state index contributed by atoms with van der Waals surface area (Å²) in [5.74, 6) is 0.928. The van der Waals surface area contributed by atoms with Gasteiger partial charge in [0.2, 0.25) is 0 Å². The highest BCUT2D eigenvalue weighted by molar-refractivity contribution is 6.02. The zero-order valence-corrected chi connectivity index (χ0v) is 14.7. The lowest BCUT2D eigenvalue weighted by Gasteiger charge is -2.36. The van der Waals surface area contributed by atoms with Crippen LogP contribution >= 0.6 is 0 Å². The molecule has 2 nitrogen and oxygen atoms in total. The number of fused-ring (bicyclic) bond motifs is 2. The summed E-state index contributed by atoms with van der Waals surface area (Å²) in [6, 6.07) is 20.9. The number of hydrogen-bond donors (Lipinski definition) is 1. The minimum Gasteiger partial charge on any atom is -0.314 e. The molecule has 2 aliphatic rings. The Bertz CT molecular complexity index is 837. The Labute approximate surface area is 149 Å². The van der Waals surface area contributed by atoms with Crippen molar-refractivity contribution in [1.82, 2.24) is 10.2 Å². The molecule has 25 heavy (non-hydrogen) atoms. The van der Waals surface area contributed by atoms with Gasteiger partial charge in [0.15, 0.2) is 0 Å². The van der Waals surface area contributed by atoms with E-state index in [1.807, 2.05) is 0 Å². The van der Waals surface area contributed by atoms with Crippen LogP contribution in [0.4, 0.5) is 0 Å². The third kappa shape index (κ3) is 2.94. The first-order valence-electron chi connectivity index (χ1n) is 9.75. The van der Waals surface area contributed by atoms with Crippen LogP contribution in [0.1, 0.15) is 30.9 Å². The van der Waals surface area contributed by atoms with Crippen molar-refractivity contribution in [2.45, 2.75) is 25.3 Å². The molecule has 1 N–H and O–H groups in total. The quantitative estimate of drug-likeness (QED) is 0.695. The van der Waals surface area contributed by atoms with Gasteiger partial charge in [-0.05, 0) is 45.5 Å². The van der Waals surface area contributed by atoms with Crippen molar-refractivity contribution >= 4 is 21.5 Å². The number of nitrogens with zero attached hydrogens (tertiary/aromatic N) is 1. The van der Waals surface area contributed by atoms with E-state index in [0.29, 0.717) is 6.04 Å². The second kappa shape index (κ2) is 6.44. The van der Waals surface area contributed by atoms with E-state index < -0.39 is 0 Å². The molecule has 2 heteroatoms. The van der Waals surface area contributed by atoms with Crippen LogP contribution in [-0.4, -0.2) is 31.1 Å². The predicted molar refractivity (Wildman–Crippen MR) is 106 cm³/mol. The van der Waals surface area contributed by atoms with Gasteiger partial charge in [0.05, 0.1) is 0 Å². The normalized spacial score (nSPS) is 20.2. The molecule has 128 valence electrons. The van der Waals surface area contributed by atoms with Gasteiger partial charge in [-0.25, -0.2) is 0 Å². The van der Waals surface area contributed by atoms with Crippen LogP contribution in [0.3, 0.4) is 0 Å². The van der Waals surface area contributed by atoms with E-state index >= 15 is 0 Å². The molecule has 3 aromatic carbocycles. The first-order valence-corrected chi connectivity index (χ1v) is 9.75. The van der Waals surface area contributed by atoms with Crippen LogP contribution in [0.25, 0.3) is 21.5 Å². The standard InChI is InChI=1S/C23H26N2/c1-3-7-20-18(5-1)16-19-6-2-4-8-21(19)23(20)22(15-17-9-10-17)25-13-11-24-12-14-25/h1-8,16-17,22,24H,9-15H2/t22-/m0/s1. The topological polar surface area (TPSA) is 15.3 Å². The van der Waals surface area contributed by atoms with Gasteiger partial charge in [0.25, 0.3) is 0 Å². The Morgan fingerprint density at radius 3 is 2.08 bits per heavy atom. The SMILES string of the molecule is c1ccc2c([C@H](CC3CC3)N3CCNCC3)c3ccccc3cc2c1. The Hall–Kier alpha value is -1.90. The second-order valence-corrected chi connectivity index (χ2v) is 7.71. The molecule has 1 aliphatic carbocycles. The van der Waals surface area contributed by atoms with Crippen LogP contribution in [0.2, 0.25) is 0 Å². The Morgan fingerprint density at radius 1 is 0.880 bits per heavy atom. The van der Waals surface area contributed by atoms with Crippen molar-refractivity contribution in [2.75, 3.05) is 26.2 Å². The highest BCUT2D eigenvalue weighted by atomic mass is 15.2. The molecule has 0 bridgehead atoms. The number of rotatable bonds is 4. The van der Waals surface area contributed by atoms with Crippen molar-refractivity contribution in [2.24, 2.45) is 5.92 Å². The number of nitrogens with one attached hydrogen (secondary N) is 1. The molecule has 0 aromatic heterocycles. The lowest BCUT2D eigenvalue weighted by Crippen LogP contribution is -2.45. The number of piperazine rings is 1. The summed E-state index contributed by atoms with van der Waals surface area (Å²) in [4.78, 5) is 2.74. The summed E-state index contributed by atoms with van der Waals surface area (Å²) in [7, 11) is 0. The fraction of sp³-hybridized carbons (Fsp3) is 0.391. The first kappa shape index (κ1) is 15.4. The third-order valence-electron chi connectivity index (χ3n) is 5.99. The van der Waals surface area contributed by atoms with Gasteiger partial charge in [-0.1, -0.05) is 61.4 Å². The van der Waals surface area contributed by atoms with E-state index in [9.17, 15) is 0 Å². The molecule has 1 saturated carbocycles. The maximum Gasteiger partial charge on any atom is 0.0364 e. The van der Waals surface area contributed by atoms with Crippen LogP contribution in [-0.2, 0) is 0 Å². The summed E-state index contributed by atoms with van der Waals surface area (Å²) < 4.78 is 0. The maximum absolute atomic E-state index is 3.52. The van der Waals surface area contributed by atoms with Gasteiger partial charge in [-0.2, -0.15) is 0 Å². The molecule has 1 atom stereocenters. The van der Waals surface area contributed by atoms with Crippen LogP contribution in [0, 0.1) is 5.92 Å². The Kier molecular flexibility index (Phi) is 3.95. The van der Waals surface area contributed by atoms with Gasteiger partial charge in [0.1, 0.15) is 0 Å². The molecule has 0 spiro atoms. The molecule has 3 aromatic rings. The summed E-state index contributed by atoms with van der Waals surface area (Å²) in [5.41, 5.74) is 1.57. The highest BCUT2D eigenvalue weighted by Gasteiger charge is 2.32. The van der Waals surface area contributed by atoms with Crippen LogP contribution in [0.15, 0.2) is 54.6 Å². The van der Waals surface area contributed by atoms with Crippen LogP contribution in [0.5, 0.6) is 0 Å². The predicted octanol–water partition coefficient (Wildman–Crippen LogP) is 4.74. The average molecular weight is 330 g/mol. The van der Waals surface area contributed by atoms with E-state index in [-0.39, 0.29) is 0 Å². The lowest BCUT2D eigenvalue weighted by molar-refractivity contribution is 0.162. The smallest absolute Gasteiger partial charge is 0.0364 e. The summed E-state index contributed by atoms with van der Waals surface area (Å²) in [6.45, 7) is 4.55. The van der Waals surface area contributed by atoms with Gasteiger partial charge < -0.3 is 5.32 Å². The molecule has 0 amide bonds. The van der Waals surface area contributed by atoms with E-state index in [1.54, 1.807) is 5.56 Å². The molecule has 1 saturated heterocycles. The Balaban J connectivity index is 1.73.